The van der Waals surface area contributed by atoms with Gasteiger partial charge in [0.05, 0.1) is 11.0 Å². The maximum Gasteiger partial charge on any atom is 0.164 e. The van der Waals surface area contributed by atoms with Crippen LogP contribution in [-0.4, -0.2) is 19.5 Å². The van der Waals surface area contributed by atoms with Crippen LogP contribution in [-0.2, 0) is 0 Å². The minimum atomic E-state index is 0.646. The molecule has 11 aromatic rings. The van der Waals surface area contributed by atoms with E-state index in [1.165, 1.54) is 58.7 Å². The maximum atomic E-state index is 5.11. The largest absolute Gasteiger partial charge is 0.309 e. The molecule has 0 unspecified atom stereocenters. The fourth-order valence-corrected chi connectivity index (χ4v) is 8.96. The molecule has 3 aromatic heterocycles. The van der Waals surface area contributed by atoms with Crippen LogP contribution < -0.4 is 0 Å². The van der Waals surface area contributed by atoms with Crippen molar-refractivity contribution in [3.8, 4) is 62.1 Å². The molecule has 3 heterocycles. The van der Waals surface area contributed by atoms with Gasteiger partial charge in [-0.05, 0) is 70.8 Å². The van der Waals surface area contributed by atoms with Gasteiger partial charge in [0, 0.05) is 53.3 Å². The number of para-hydroxylation sites is 1. The molecule has 0 radical (unpaired) electrons. The van der Waals surface area contributed by atoms with Gasteiger partial charge >= 0.3 is 0 Å². The van der Waals surface area contributed by atoms with Crippen LogP contribution in [0.1, 0.15) is 0 Å². The monoisotopic (exact) mass is 732 g/mol. The number of fused-ring (bicyclic) bond motifs is 6. The second-order valence-electron chi connectivity index (χ2n) is 14.1. The van der Waals surface area contributed by atoms with E-state index >= 15 is 0 Å². The molecule has 0 atom stereocenters. The summed E-state index contributed by atoms with van der Waals surface area (Å²) in [6.07, 6.45) is 0. The van der Waals surface area contributed by atoms with Crippen molar-refractivity contribution < 1.29 is 0 Å². The van der Waals surface area contributed by atoms with Gasteiger partial charge < -0.3 is 4.57 Å². The van der Waals surface area contributed by atoms with Crippen LogP contribution in [0.3, 0.4) is 0 Å². The first kappa shape index (κ1) is 32.2. The Labute approximate surface area is 327 Å². The lowest BCUT2D eigenvalue weighted by Gasteiger charge is -2.10. The van der Waals surface area contributed by atoms with E-state index in [4.69, 9.17) is 15.0 Å². The van der Waals surface area contributed by atoms with Gasteiger partial charge in [-0.2, -0.15) is 0 Å². The summed E-state index contributed by atoms with van der Waals surface area (Å²) in [6.45, 7) is 0. The molecule has 4 nitrogen and oxygen atoms in total. The van der Waals surface area contributed by atoms with E-state index in [-0.39, 0.29) is 0 Å². The van der Waals surface area contributed by atoms with E-state index in [1.807, 2.05) is 35.6 Å². The third kappa shape index (κ3) is 5.56. The van der Waals surface area contributed by atoms with E-state index in [2.05, 4.69) is 174 Å². The fourth-order valence-electron chi connectivity index (χ4n) is 7.90. The first-order chi connectivity index (χ1) is 27.7. The van der Waals surface area contributed by atoms with Gasteiger partial charge in [0.2, 0.25) is 0 Å². The van der Waals surface area contributed by atoms with E-state index < -0.39 is 0 Å². The molecule has 0 saturated heterocycles. The molecule has 262 valence electrons. The Bertz CT molecular complexity index is 3220. The Hall–Kier alpha value is -7.21. The van der Waals surface area contributed by atoms with E-state index in [0.717, 1.165) is 27.9 Å². The molecule has 0 amide bonds. The highest BCUT2D eigenvalue weighted by Crippen LogP contribution is 2.40. The molecule has 0 saturated carbocycles. The SMILES string of the molecule is c1ccc(-c2ccc(-c3nc(-c4ccccc4)nc(-c4ccc5sc6ccc(-n7c8ccccc8c8ccc(-c9ccccc9)cc87)cc6c5c4)n3)cc2)cc1. The Balaban J connectivity index is 1.06. The summed E-state index contributed by atoms with van der Waals surface area (Å²) in [5.74, 6) is 1.94. The van der Waals surface area contributed by atoms with Crippen LogP contribution in [0, 0.1) is 0 Å². The Morgan fingerprint density at radius 3 is 1.46 bits per heavy atom. The second kappa shape index (κ2) is 13.3. The zero-order valence-corrected chi connectivity index (χ0v) is 31.0. The van der Waals surface area contributed by atoms with Crippen LogP contribution in [0.2, 0.25) is 0 Å². The highest BCUT2D eigenvalue weighted by atomic mass is 32.1. The van der Waals surface area contributed by atoms with Gasteiger partial charge in [0.25, 0.3) is 0 Å². The summed E-state index contributed by atoms with van der Waals surface area (Å²) in [6, 6.07) is 68.7. The lowest BCUT2D eigenvalue weighted by Crippen LogP contribution is -2.00. The Morgan fingerprint density at radius 1 is 0.304 bits per heavy atom. The van der Waals surface area contributed by atoms with Gasteiger partial charge in [-0.1, -0.05) is 146 Å². The van der Waals surface area contributed by atoms with Crippen LogP contribution in [0.25, 0.3) is 104 Å². The molecule has 0 fully saturated rings. The molecule has 0 bridgehead atoms. The number of thiophene rings is 1. The minimum absolute atomic E-state index is 0.646. The number of aromatic nitrogens is 4. The average Bonchev–Trinajstić information content (AvgIpc) is 3.81. The summed E-state index contributed by atoms with van der Waals surface area (Å²) in [5.41, 5.74) is 11.1. The molecule has 11 rings (SSSR count). The molecule has 5 heteroatoms. The van der Waals surface area contributed by atoms with E-state index in [9.17, 15) is 0 Å². The number of nitrogens with zero attached hydrogens (tertiary/aromatic N) is 4. The summed E-state index contributed by atoms with van der Waals surface area (Å²) in [7, 11) is 0. The van der Waals surface area contributed by atoms with Crippen molar-refractivity contribution in [3.63, 3.8) is 0 Å². The van der Waals surface area contributed by atoms with Crippen LogP contribution in [0.15, 0.2) is 194 Å². The third-order valence-corrected chi connectivity index (χ3v) is 11.8. The molecule has 0 spiro atoms. The fraction of sp³-hybridized carbons (Fsp3) is 0. The van der Waals surface area contributed by atoms with Crippen molar-refractivity contribution in [1.82, 2.24) is 19.5 Å². The standard InChI is InChI=1S/C51H32N4S/c1-4-12-33(13-5-1)35-20-22-37(23-21-35)50-52-49(36-16-8-3-9-17-36)53-51(54-50)39-25-28-47-43(30-39)44-32-40(26-29-48(44)56-47)55-45-19-11-10-18-41(45)42-27-24-38(31-46(42)55)34-14-6-2-7-15-34/h1-32H. The normalized spacial score (nSPS) is 11.6. The highest BCUT2D eigenvalue weighted by Gasteiger charge is 2.17. The van der Waals surface area contributed by atoms with E-state index in [1.54, 1.807) is 0 Å². The average molecular weight is 733 g/mol. The van der Waals surface area contributed by atoms with Gasteiger partial charge in [-0.25, -0.2) is 15.0 Å². The van der Waals surface area contributed by atoms with Crippen molar-refractivity contribution in [2.24, 2.45) is 0 Å². The number of benzene rings is 8. The van der Waals surface area contributed by atoms with Crippen molar-refractivity contribution in [1.29, 1.82) is 0 Å². The van der Waals surface area contributed by atoms with Crippen molar-refractivity contribution in [2.75, 3.05) is 0 Å². The molecule has 0 N–H and O–H groups in total. The predicted octanol–water partition coefficient (Wildman–Crippen LogP) is 13.7. The molecule has 8 aromatic carbocycles. The van der Waals surface area contributed by atoms with Gasteiger partial charge in [0.1, 0.15) is 0 Å². The smallest absolute Gasteiger partial charge is 0.164 e. The molecule has 0 aliphatic carbocycles. The Morgan fingerprint density at radius 2 is 0.768 bits per heavy atom. The Kier molecular flexibility index (Phi) is 7.64. The zero-order chi connectivity index (χ0) is 37.0. The topological polar surface area (TPSA) is 43.6 Å². The molecule has 0 aliphatic rings. The summed E-state index contributed by atoms with van der Waals surface area (Å²) < 4.78 is 4.88. The first-order valence-electron chi connectivity index (χ1n) is 18.8. The summed E-state index contributed by atoms with van der Waals surface area (Å²) in [5, 5.41) is 4.88. The third-order valence-electron chi connectivity index (χ3n) is 10.7. The highest BCUT2D eigenvalue weighted by molar-refractivity contribution is 7.25. The van der Waals surface area contributed by atoms with Crippen molar-refractivity contribution in [2.45, 2.75) is 0 Å². The molecule has 56 heavy (non-hydrogen) atoms. The number of hydrogen-bond donors (Lipinski definition) is 0. The molecule has 0 aliphatic heterocycles. The van der Waals surface area contributed by atoms with E-state index in [0.29, 0.717) is 17.5 Å². The lowest BCUT2D eigenvalue weighted by atomic mass is 10.0. The lowest BCUT2D eigenvalue weighted by molar-refractivity contribution is 1.07. The quantitative estimate of drug-likeness (QED) is 0.171. The maximum absolute atomic E-state index is 5.11. The number of hydrogen-bond acceptors (Lipinski definition) is 4. The predicted molar refractivity (Wildman–Crippen MR) is 234 cm³/mol. The van der Waals surface area contributed by atoms with Crippen molar-refractivity contribution >= 4 is 53.3 Å². The minimum Gasteiger partial charge on any atom is -0.309 e. The molecular weight excluding hydrogens is 701 g/mol. The second-order valence-corrected chi connectivity index (χ2v) is 15.1. The van der Waals surface area contributed by atoms with Gasteiger partial charge in [-0.15, -0.1) is 11.3 Å². The van der Waals surface area contributed by atoms with Gasteiger partial charge in [0.15, 0.2) is 17.5 Å². The summed E-state index contributed by atoms with van der Waals surface area (Å²) >= 11 is 1.82. The summed E-state index contributed by atoms with van der Waals surface area (Å²) in [4.78, 5) is 15.2. The molecular formula is C51H32N4S. The first-order valence-corrected chi connectivity index (χ1v) is 19.6. The van der Waals surface area contributed by atoms with Crippen LogP contribution >= 0.6 is 11.3 Å². The van der Waals surface area contributed by atoms with Gasteiger partial charge in [-0.3, -0.25) is 0 Å². The number of rotatable bonds is 6. The van der Waals surface area contributed by atoms with Crippen LogP contribution in [0.4, 0.5) is 0 Å². The van der Waals surface area contributed by atoms with Crippen molar-refractivity contribution in [3.05, 3.63) is 194 Å². The van der Waals surface area contributed by atoms with Crippen LogP contribution in [0.5, 0.6) is 0 Å². The zero-order valence-electron chi connectivity index (χ0n) is 30.2.